The molecule has 3 rings (SSSR count). The minimum absolute atomic E-state index is 0.439. The number of piperazine rings is 1. The van der Waals surface area contributed by atoms with E-state index in [0.29, 0.717) is 5.54 Å². The molecule has 1 aromatic rings. The second-order valence-electron chi connectivity index (χ2n) is 5.92. The van der Waals surface area contributed by atoms with Crippen molar-refractivity contribution in [1.29, 1.82) is 0 Å². The summed E-state index contributed by atoms with van der Waals surface area (Å²) >= 11 is 1.72. The Balaban J connectivity index is 1.77. The fourth-order valence-electron chi connectivity index (χ4n) is 3.65. The Morgan fingerprint density at radius 1 is 1.28 bits per heavy atom. The van der Waals surface area contributed by atoms with E-state index in [1.165, 1.54) is 57.4 Å². The van der Waals surface area contributed by atoms with Gasteiger partial charge in [0.05, 0.1) is 11.2 Å². The first-order valence-corrected chi connectivity index (χ1v) is 8.03. The van der Waals surface area contributed by atoms with Gasteiger partial charge in [0.1, 0.15) is 0 Å². The van der Waals surface area contributed by atoms with Crippen LogP contribution in [-0.2, 0) is 6.54 Å². The molecule has 0 unspecified atom stereocenters. The van der Waals surface area contributed by atoms with Gasteiger partial charge < -0.3 is 4.90 Å². The molecule has 3 nitrogen and oxygen atoms in total. The lowest BCUT2D eigenvalue weighted by Gasteiger charge is -2.52. The van der Waals surface area contributed by atoms with Crippen LogP contribution in [0.2, 0.25) is 0 Å². The first-order valence-electron chi connectivity index (χ1n) is 7.09. The summed E-state index contributed by atoms with van der Waals surface area (Å²) in [7, 11) is 2.27. The lowest BCUT2D eigenvalue weighted by molar-refractivity contribution is -0.0244. The number of hydrogen-bond donors (Lipinski definition) is 0. The molecule has 1 saturated carbocycles. The molecular weight excluding hydrogens is 242 g/mol. The Labute approximate surface area is 114 Å². The highest BCUT2D eigenvalue weighted by Crippen LogP contribution is 2.37. The maximum Gasteiger partial charge on any atom is 0.0795 e. The van der Waals surface area contributed by atoms with Gasteiger partial charge in [0.15, 0.2) is 0 Å². The minimum Gasteiger partial charge on any atom is -0.303 e. The van der Waals surface area contributed by atoms with E-state index in [1.807, 2.05) is 5.51 Å². The normalized spacial score (nSPS) is 25.6. The lowest BCUT2D eigenvalue weighted by atomic mass is 9.78. The molecule has 0 radical (unpaired) electrons. The van der Waals surface area contributed by atoms with Gasteiger partial charge in [-0.25, -0.2) is 4.98 Å². The van der Waals surface area contributed by atoms with Gasteiger partial charge in [0, 0.05) is 37.1 Å². The highest BCUT2D eigenvalue weighted by molar-refractivity contribution is 7.07. The minimum atomic E-state index is 0.439. The van der Waals surface area contributed by atoms with Crippen LogP contribution in [0.5, 0.6) is 0 Å². The number of likely N-dealkylation sites (N-methyl/N-ethyl adjacent to an activating group) is 1. The van der Waals surface area contributed by atoms with Gasteiger partial charge in [-0.15, -0.1) is 11.3 Å². The van der Waals surface area contributed by atoms with Crippen molar-refractivity contribution in [2.75, 3.05) is 26.7 Å². The van der Waals surface area contributed by atoms with Crippen molar-refractivity contribution in [3.63, 3.8) is 0 Å². The highest BCUT2D eigenvalue weighted by Gasteiger charge is 2.41. The molecule has 1 saturated heterocycles. The fourth-order valence-corrected chi connectivity index (χ4v) is 4.20. The van der Waals surface area contributed by atoms with E-state index in [4.69, 9.17) is 0 Å². The molecule has 1 aliphatic heterocycles. The van der Waals surface area contributed by atoms with Crippen molar-refractivity contribution in [3.8, 4) is 0 Å². The van der Waals surface area contributed by atoms with Crippen molar-refractivity contribution < 1.29 is 0 Å². The maximum absolute atomic E-state index is 4.47. The number of thiazole rings is 1. The standard InChI is InChI=1S/C14H23N3S/c1-16-7-8-17(9-13-10-18-12-15-13)14(11-16)5-3-2-4-6-14/h10,12H,2-9,11H2,1H3. The van der Waals surface area contributed by atoms with Crippen molar-refractivity contribution >= 4 is 11.3 Å². The number of hydrogen-bond acceptors (Lipinski definition) is 4. The maximum atomic E-state index is 4.47. The van der Waals surface area contributed by atoms with E-state index in [9.17, 15) is 0 Å². The van der Waals surface area contributed by atoms with Crippen LogP contribution < -0.4 is 0 Å². The van der Waals surface area contributed by atoms with Crippen LogP contribution >= 0.6 is 11.3 Å². The molecule has 4 heteroatoms. The van der Waals surface area contributed by atoms with Crippen LogP contribution in [0.1, 0.15) is 37.8 Å². The molecule has 0 N–H and O–H groups in total. The van der Waals surface area contributed by atoms with Crippen LogP contribution in [0.25, 0.3) is 0 Å². The van der Waals surface area contributed by atoms with Crippen LogP contribution in [0.3, 0.4) is 0 Å². The summed E-state index contributed by atoms with van der Waals surface area (Å²) in [4.78, 5) is 9.71. The third kappa shape index (κ3) is 2.46. The first kappa shape index (κ1) is 12.6. The Hall–Kier alpha value is -0.450. The monoisotopic (exact) mass is 265 g/mol. The smallest absolute Gasteiger partial charge is 0.0795 e. The van der Waals surface area contributed by atoms with Gasteiger partial charge in [0.25, 0.3) is 0 Å². The number of aromatic nitrogens is 1. The molecule has 2 heterocycles. The summed E-state index contributed by atoms with van der Waals surface area (Å²) in [6.45, 7) is 4.70. The average molecular weight is 265 g/mol. The summed E-state index contributed by atoms with van der Waals surface area (Å²) in [6, 6.07) is 0. The van der Waals surface area contributed by atoms with E-state index in [-0.39, 0.29) is 0 Å². The Bertz CT molecular complexity index is 370. The van der Waals surface area contributed by atoms with E-state index in [2.05, 4.69) is 27.2 Å². The highest BCUT2D eigenvalue weighted by atomic mass is 32.1. The van der Waals surface area contributed by atoms with Gasteiger partial charge >= 0.3 is 0 Å². The molecule has 100 valence electrons. The van der Waals surface area contributed by atoms with Crippen molar-refractivity contribution in [1.82, 2.24) is 14.8 Å². The quantitative estimate of drug-likeness (QED) is 0.819. The van der Waals surface area contributed by atoms with Gasteiger partial charge in [-0.1, -0.05) is 19.3 Å². The zero-order valence-electron chi connectivity index (χ0n) is 11.3. The fraction of sp³-hybridized carbons (Fsp3) is 0.786. The second-order valence-corrected chi connectivity index (χ2v) is 6.64. The van der Waals surface area contributed by atoms with Crippen LogP contribution in [0.15, 0.2) is 10.9 Å². The molecule has 2 fully saturated rings. The summed E-state index contributed by atoms with van der Waals surface area (Å²) in [6.07, 6.45) is 6.99. The predicted octanol–water partition coefficient (Wildman–Crippen LogP) is 2.59. The number of rotatable bonds is 2. The molecule has 1 aromatic heterocycles. The average Bonchev–Trinajstić information content (AvgIpc) is 2.87. The summed E-state index contributed by atoms with van der Waals surface area (Å²) in [5, 5.41) is 2.20. The van der Waals surface area contributed by atoms with Crippen molar-refractivity contribution in [2.45, 2.75) is 44.2 Å². The lowest BCUT2D eigenvalue weighted by Crippen LogP contribution is -2.61. The first-order chi connectivity index (χ1) is 8.78. The molecule has 1 spiro atoms. The van der Waals surface area contributed by atoms with Crippen molar-refractivity contribution in [2.24, 2.45) is 0 Å². The van der Waals surface area contributed by atoms with Crippen molar-refractivity contribution in [3.05, 3.63) is 16.6 Å². The Kier molecular flexibility index (Phi) is 3.68. The largest absolute Gasteiger partial charge is 0.303 e. The zero-order valence-corrected chi connectivity index (χ0v) is 12.1. The van der Waals surface area contributed by atoms with Crippen LogP contribution in [0.4, 0.5) is 0 Å². The van der Waals surface area contributed by atoms with Crippen LogP contribution in [0, 0.1) is 0 Å². The molecule has 1 aliphatic carbocycles. The van der Waals surface area contributed by atoms with E-state index < -0.39 is 0 Å². The summed E-state index contributed by atoms with van der Waals surface area (Å²) < 4.78 is 0. The number of nitrogens with zero attached hydrogens (tertiary/aromatic N) is 3. The molecule has 0 aromatic carbocycles. The van der Waals surface area contributed by atoms with E-state index >= 15 is 0 Å². The van der Waals surface area contributed by atoms with E-state index in [0.717, 1.165) is 6.54 Å². The summed E-state index contributed by atoms with van der Waals surface area (Å²) in [5.74, 6) is 0. The molecule has 2 aliphatic rings. The predicted molar refractivity (Wildman–Crippen MR) is 75.8 cm³/mol. The second kappa shape index (κ2) is 5.27. The molecule has 18 heavy (non-hydrogen) atoms. The van der Waals surface area contributed by atoms with Gasteiger partial charge in [-0.05, 0) is 19.9 Å². The third-order valence-corrected chi connectivity index (χ3v) is 5.24. The third-order valence-electron chi connectivity index (χ3n) is 4.61. The Morgan fingerprint density at radius 2 is 2.11 bits per heavy atom. The topological polar surface area (TPSA) is 19.4 Å². The molecule has 0 bridgehead atoms. The molecule has 0 amide bonds. The van der Waals surface area contributed by atoms with E-state index in [1.54, 1.807) is 11.3 Å². The summed E-state index contributed by atoms with van der Waals surface area (Å²) in [5.41, 5.74) is 3.66. The molecule has 0 atom stereocenters. The van der Waals surface area contributed by atoms with Gasteiger partial charge in [-0.3, -0.25) is 4.90 Å². The van der Waals surface area contributed by atoms with Gasteiger partial charge in [0.2, 0.25) is 0 Å². The Morgan fingerprint density at radius 3 is 2.83 bits per heavy atom. The zero-order chi connectivity index (χ0) is 12.4. The SMILES string of the molecule is CN1CCN(Cc2cscn2)C2(CCCCC2)C1. The van der Waals surface area contributed by atoms with Gasteiger partial charge in [-0.2, -0.15) is 0 Å². The van der Waals surface area contributed by atoms with Crippen LogP contribution in [-0.4, -0.2) is 47.0 Å². The molecular formula is C14H23N3S.